The molecule has 1 heterocycles. The van der Waals surface area contributed by atoms with E-state index in [0.29, 0.717) is 12.2 Å². The van der Waals surface area contributed by atoms with Gasteiger partial charge in [0.05, 0.1) is 0 Å². The maximum Gasteiger partial charge on any atom is 0.220 e. The molecule has 0 fully saturated rings. The predicted molar refractivity (Wildman–Crippen MR) is 98.1 cm³/mol. The second-order valence-electron chi connectivity index (χ2n) is 7.94. The highest BCUT2D eigenvalue weighted by Crippen LogP contribution is 2.46. The van der Waals surface area contributed by atoms with Crippen LogP contribution < -0.4 is 0 Å². The molecular weight excluding hydrogens is 315 g/mol. The number of ketones is 1. The van der Waals surface area contributed by atoms with E-state index in [0.717, 1.165) is 22.5 Å². The van der Waals surface area contributed by atoms with E-state index in [2.05, 4.69) is 40.3 Å². The number of fused-ring (bicyclic) bond motifs is 1. The molecule has 3 heteroatoms. The van der Waals surface area contributed by atoms with Crippen LogP contribution in [0.15, 0.2) is 53.5 Å². The summed E-state index contributed by atoms with van der Waals surface area (Å²) in [5.41, 5.74) is 2.66. The van der Waals surface area contributed by atoms with Gasteiger partial charge >= 0.3 is 0 Å². The van der Waals surface area contributed by atoms with Crippen molar-refractivity contribution >= 4 is 11.4 Å². The third-order valence-electron chi connectivity index (χ3n) is 4.81. The summed E-state index contributed by atoms with van der Waals surface area (Å²) in [6.07, 6.45) is 4.17. The molecule has 1 aromatic carbocycles. The van der Waals surface area contributed by atoms with Gasteiger partial charge in [-0.15, -0.1) is 0 Å². The third kappa shape index (κ3) is 3.11. The van der Waals surface area contributed by atoms with Crippen LogP contribution in [0, 0.1) is 11.2 Å². The smallest absolute Gasteiger partial charge is 0.220 e. The fraction of sp³-hybridized carbons (Fsp3) is 0.318. The Morgan fingerprint density at radius 2 is 1.92 bits per heavy atom. The van der Waals surface area contributed by atoms with Crippen molar-refractivity contribution in [1.29, 1.82) is 0 Å². The number of benzene rings is 1. The van der Waals surface area contributed by atoms with Gasteiger partial charge < -0.3 is 4.42 Å². The first-order chi connectivity index (χ1) is 11.6. The third-order valence-corrected chi connectivity index (χ3v) is 4.81. The Balaban J connectivity index is 2.16. The molecule has 1 aromatic heterocycles. The first-order valence-electron chi connectivity index (χ1n) is 8.43. The van der Waals surface area contributed by atoms with E-state index in [1.54, 1.807) is 0 Å². The summed E-state index contributed by atoms with van der Waals surface area (Å²) in [5.74, 6) is 0.632. The van der Waals surface area contributed by atoms with Crippen LogP contribution in [-0.2, 0) is 11.8 Å². The van der Waals surface area contributed by atoms with Gasteiger partial charge in [0.15, 0.2) is 5.76 Å². The normalized spacial score (nSPS) is 20.0. The monoisotopic (exact) mass is 338 g/mol. The first-order valence-corrected chi connectivity index (χ1v) is 8.43. The number of carbonyl (C=O) groups excluding carboxylic acids is 1. The van der Waals surface area contributed by atoms with E-state index in [1.165, 1.54) is 18.2 Å². The lowest BCUT2D eigenvalue weighted by Gasteiger charge is -2.35. The molecule has 1 aliphatic carbocycles. The van der Waals surface area contributed by atoms with Crippen molar-refractivity contribution in [3.63, 3.8) is 0 Å². The minimum atomic E-state index is -0.290. The molecule has 2 aromatic rings. The molecule has 0 aliphatic heterocycles. The van der Waals surface area contributed by atoms with Crippen LogP contribution in [0.4, 0.5) is 4.39 Å². The quantitative estimate of drug-likeness (QED) is 0.528. The van der Waals surface area contributed by atoms with Crippen molar-refractivity contribution in [3.8, 4) is 0 Å². The minimum Gasteiger partial charge on any atom is -0.453 e. The van der Waals surface area contributed by atoms with Crippen LogP contribution in [0.2, 0.25) is 0 Å². The maximum atomic E-state index is 13.3. The molecule has 0 bridgehead atoms. The van der Waals surface area contributed by atoms with Crippen LogP contribution in [-0.4, -0.2) is 5.78 Å². The zero-order valence-corrected chi connectivity index (χ0v) is 15.2. The van der Waals surface area contributed by atoms with E-state index in [1.807, 2.05) is 18.2 Å². The van der Waals surface area contributed by atoms with Crippen molar-refractivity contribution in [2.45, 2.75) is 39.5 Å². The zero-order chi connectivity index (χ0) is 18.4. The SMILES string of the molecule is C=CC(=O)c1cc2c(o1)C(C(C)(C)C)=CC(C)(c1ccc(F)cc1)C2. The van der Waals surface area contributed by atoms with Gasteiger partial charge in [-0.2, -0.15) is 0 Å². The standard InChI is InChI=1S/C22H23FO2/c1-6-18(24)19-11-14-12-22(5,15-7-9-16(23)10-8-15)13-17(20(14)25-19)21(2,3)4/h6-11,13H,1,12H2,2-5H3. The maximum absolute atomic E-state index is 13.3. The number of hydrogen-bond donors (Lipinski definition) is 0. The van der Waals surface area contributed by atoms with E-state index in [-0.39, 0.29) is 22.4 Å². The van der Waals surface area contributed by atoms with Crippen LogP contribution in [0.1, 0.15) is 55.1 Å². The zero-order valence-electron chi connectivity index (χ0n) is 15.2. The number of allylic oxidation sites excluding steroid dienone is 3. The van der Waals surface area contributed by atoms with Crippen molar-refractivity contribution in [2.24, 2.45) is 5.41 Å². The molecule has 3 rings (SSSR count). The number of carbonyl (C=O) groups is 1. The fourth-order valence-electron chi connectivity index (χ4n) is 3.41. The summed E-state index contributed by atoms with van der Waals surface area (Å²) in [6.45, 7) is 12.0. The Labute approximate surface area is 148 Å². The molecule has 2 nitrogen and oxygen atoms in total. The lowest BCUT2D eigenvalue weighted by atomic mass is 9.68. The molecule has 0 saturated heterocycles. The largest absolute Gasteiger partial charge is 0.453 e. The van der Waals surface area contributed by atoms with Gasteiger partial charge in [-0.25, -0.2) is 4.39 Å². The Morgan fingerprint density at radius 1 is 1.28 bits per heavy atom. The topological polar surface area (TPSA) is 30.2 Å². The Bertz CT molecular complexity index is 862. The molecule has 0 radical (unpaired) electrons. The molecule has 0 amide bonds. The summed E-state index contributed by atoms with van der Waals surface area (Å²) in [6, 6.07) is 8.45. The van der Waals surface area contributed by atoms with E-state index in [9.17, 15) is 9.18 Å². The van der Waals surface area contributed by atoms with Gasteiger partial charge in [0.1, 0.15) is 11.6 Å². The van der Waals surface area contributed by atoms with Crippen LogP contribution in [0.5, 0.6) is 0 Å². The first kappa shape index (κ1) is 17.4. The molecular formula is C22H23FO2. The highest BCUT2D eigenvalue weighted by Gasteiger charge is 2.37. The van der Waals surface area contributed by atoms with Crippen LogP contribution >= 0.6 is 0 Å². The van der Waals surface area contributed by atoms with E-state index >= 15 is 0 Å². The lowest BCUT2D eigenvalue weighted by molar-refractivity contribution is 0.102. The van der Waals surface area contributed by atoms with Crippen molar-refractivity contribution in [1.82, 2.24) is 0 Å². The Kier molecular flexibility index (Phi) is 4.06. The van der Waals surface area contributed by atoms with E-state index in [4.69, 9.17) is 4.42 Å². The molecule has 1 atom stereocenters. The van der Waals surface area contributed by atoms with Crippen molar-refractivity contribution in [3.05, 3.63) is 77.5 Å². The van der Waals surface area contributed by atoms with Gasteiger partial charge in [-0.3, -0.25) is 4.79 Å². The van der Waals surface area contributed by atoms with Gasteiger partial charge in [0.2, 0.25) is 5.78 Å². The number of rotatable bonds is 3. The summed E-state index contributed by atoms with van der Waals surface area (Å²) >= 11 is 0. The van der Waals surface area contributed by atoms with Gasteiger partial charge in [0.25, 0.3) is 0 Å². The molecule has 1 aliphatic rings. The number of furan rings is 1. The average molecular weight is 338 g/mol. The summed E-state index contributed by atoms with van der Waals surface area (Å²) in [4.78, 5) is 12.0. The molecule has 130 valence electrons. The van der Waals surface area contributed by atoms with E-state index < -0.39 is 0 Å². The van der Waals surface area contributed by atoms with Crippen molar-refractivity contribution < 1.29 is 13.6 Å². The summed E-state index contributed by atoms with van der Waals surface area (Å²) in [5, 5.41) is 0. The summed E-state index contributed by atoms with van der Waals surface area (Å²) in [7, 11) is 0. The second kappa shape index (κ2) is 5.83. The number of hydrogen-bond acceptors (Lipinski definition) is 2. The van der Waals surface area contributed by atoms with Gasteiger partial charge in [-0.05, 0) is 47.2 Å². The summed E-state index contributed by atoms with van der Waals surface area (Å²) < 4.78 is 19.2. The minimum absolute atomic E-state index is 0.150. The molecule has 25 heavy (non-hydrogen) atoms. The van der Waals surface area contributed by atoms with Crippen molar-refractivity contribution in [2.75, 3.05) is 0 Å². The highest BCUT2D eigenvalue weighted by atomic mass is 19.1. The van der Waals surface area contributed by atoms with Crippen LogP contribution in [0.25, 0.3) is 5.57 Å². The molecule has 0 N–H and O–H groups in total. The van der Waals surface area contributed by atoms with Gasteiger partial charge in [0, 0.05) is 11.0 Å². The predicted octanol–water partition coefficient (Wildman–Crippen LogP) is 5.73. The lowest BCUT2D eigenvalue weighted by Crippen LogP contribution is -2.28. The number of halogens is 1. The molecule has 0 saturated carbocycles. The molecule has 0 spiro atoms. The highest BCUT2D eigenvalue weighted by molar-refractivity contribution is 6.02. The van der Waals surface area contributed by atoms with Crippen LogP contribution in [0.3, 0.4) is 0 Å². The fourth-order valence-corrected chi connectivity index (χ4v) is 3.41. The van der Waals surface area contributed by atoms with Gasteiger partial charge in [-0.1, -0.05) is 52.5 Å². The Hall–Kier alpha value is -2.42. The molecule has 1 unspecified atom stereocenters. The Morgan fingerprint density at radius 3 is 2.48 bits per heavy atom. The second-order valence-corrected chi connectivity index (χ2v) is 7.94. The average Bonchev–Trinajstić information content (AvgIpc) is 2.96.